The van der Waals surface area contributed by atoms with Crippen LogP contribution in [0.2, 0.25) is 0 Å². The van der Waals surface area contributed by atoms with E-state index in [9.17, 15) is 0 Å². The molecule has 8 nitrogen and oxygen atoms in total. The van der Waals surface area contributed by atoms with E-state index in [0.717, 1.165) is 49.9 Å². The fourth-order valence-corrected chi connectivity index (χ4v) is 6.06. The Kier molecular flexibility index (Phi) is 4.05. The number of thioether (sulfide) groups is 1. The maximum Gasteiger partial charge on any atom is 0.233 e. The van der Waals surface area contributed by atoms with Crippen LogP contribution in [0.25, 0.3) is 38.4 Å². The van der Waals surface area contributed by atoms with Crippen molar-refractivity contribution in [2.75, 3.05) is 24.8 Å². The predicted molar refractivity (Wildman–Crippen MR) is 120 cm³/mol. The van der Waals surface area contributed by atoms with Gasteiger partial charge in [0.05, 0.1) is 22.2 Å². The molecule has 0 radical (unpaired) electrons. The number of thiophene rings is 1. The molecule has 6 heterocycles. The zero-order valence-corrected chi connectivity index (χ0v) is 17.9. The Morgan fingerprint density at radius 3 is 3.07 bits per heavy atom. The molecule has 0 fully saturated rings. The predicted octanol–water partition coefficient (Wildman–Crippen LogP) is 4.20. The highest BCUT2D eigenvalue weighted by Crippen LogP contribution is 2.51. The second-order valence-corrected chi connectivity index (χ2v) is 9.37. The summed E-state index contributed by atoms with van der Waals surface area (Å²) in [6.45, 7) is 0.704. The largest absolute Gasteiger partial charge is 0.384 e. The summed E-state index contributed by atoms with van der Waals surface area (Å²) >= 11 is 3.49. The standard InChI is InChI=1S/C20H17N7OS2/c1-26-10-13-12-7-14(11-8-22-20-21-3-4-27(20)9-11)23-18-15(12)16(24-17(13)25-26)19(30-18)29-6-5-28-2/h3-4,7-10H,5-6H2,1-2H3,(H,24,25). The number of hydrogen-bond acceptors (Lipinski definition) is 8. The molecule has 0 aliphatic carbocycles. The average molecular weight is 436 g/mol. The number of rotatable bonds is 5. The molecule has 10 heteroatoms. The number of imidazole rings is 1. The quantitative estimate of drug-likeness (QED) is 0.321. The number of anilines is 2. The van der Waals surface area contributed by atoms with Crippen LogP contribution in [0.3, 0.4) is 0 Å². The van der Waals surface area contributed by atoms with E-state index in [-0.39, 0.29) is 0 Å². The summed E-state index contributed by atoms with van der Waals surface area (Å²) in [6.07, 6.45) is 9.54. The minimum atomic E-state index is 0.676. The third-order valence-electron chi connectivity index (χ3n) is 5.05. The monoisotopic (exact) mass is 435 g/mol. The summed E-state index contributed by atoms with van der Waals surface area (Å²) in [5, 5.41) is 9.31. The van der Waals surface area contributed by atoms with Crippen LogP contribution < -0.4 is 5.32 Å². The van der Waals surface area contributed by atoms with Crippen LogP contribution in [0, 0.1) is 0 Å². The number of aryl methyl sites for hydroxylation is 1. The van der Waals surface area contributed by atoms with Gasteiger partial charge in [0.1, 0.15) is 4.83 Å². The van der Waals surface area contributed by atoms with Gasteiger partial charge in [-0.15, -0.1) is 23.1 Å². The Bertz CT molecular complexity index is 1420. The molecule has 0 saturated heterocycles. The number of nitrogens with one attached hydrogen (secondary N) is 1. The second kappa shape index (κ2) is 6.79. The molecule has 6 rings (SSSR count). The maximum absolute atomic E-state index is 5.23. The first-order chi connectivity index (χ1) is 14.7. The van der Waals surface area contributed by atoms with Crippen LogP contribution in [0.5, 0.6) is 0 Å². The highest BCUT2D eigenvalue weighted by Gasteiger charge is 2.27. The minimum absolute atomic E-state index is 0.676. The molecule has 150 valence electrons. The van der Waals surface area contributed by atoms with E-state index in [2.05, 4.69) is 32.6 Å². The number of hydrogen-bond donors (Lipinski definition) is 1. The van der Waals surface area contributed by atoms with E-state index in [4.69, 9.17) is 9.72 Å². The number of methoxy groups -OCH3 is 1. The lowest BCUT2D eigenvalue weighted by atomic mass is 10.00. The highest BCUT2D eigenvalue weighted by atomic mass is 32.2. The van der Waals surface area contributed by atoms with Crippen molar-refractivity contribution in [3.05, 3.63) is 37.1 Å². The van der Waals surface area contributed by atoms with Crippen molar-refractivity contribution in [2.24, 2.45) is 7.05 Å². The van der Waals surface area contributed by atoms with Gasteiger partial charge in [0.2, 0.25) is 5.78 Å². The Hall–Kier alpha value is -2.95. The average Bonchev–Trinajstić information content (AvgIpc) is 3.45. The Morgan fingerprint density at radius 1 is 1.23 bits per heavy atom. The van der Waals surface area contributed by atoms with Crippen LogP contribution in [0.15, 0.2) is 41.3 Å². The van der Waals surface area contributed by atoms with E-state index in [1.54, 1.807) is 36.4 Å². The van der Waals surface area contributed by atoms with Gasteiger partial charge in [-0.2, -0.15) is 5.10 Å². The molecule has 30 heavy (non-hydrogen) atoms. The van der Waals surface area contributed by atoms with Crippen molar-refractivity contribution < 1.29 is 4.74 Å². The maximum atomic E-state index is 5.23. The van der Waals surface area contributed by atoms with Gasteiger partial charge in [0.15, 0.2) is 5.82 Å². The molecule has 1 aliphatic heterocycles. The minimum Gasteiger partial charge on any atom is -0.384 e. The third kappa shape index (κ3) is 2.72. The Balaban J connectivity index is 1.57. The Labute approximate surface area is 179 Å². The molecule has 0 atom stereocenters. The summed E-state index contributed by atoms with van der Waals surface area (Å²) in [5.41, 5.74) is 5.17. The van der Waals surface area contributed by atoms with Gasteiger partial charge in [-0.05, 0) is 6.07 Å². The molecule has 5 aromatic rings. The topological polar surface area (TPSA) is 82.2 Å². The molecule has 1 aliphatic rings. The summed E-state index contributed by atoms with van der Waals surface area (Å²) in [5.74, 6) is 2.44. The lowest BCUT2D eigenvalue weighted by Crippen LogP contribution is -2.01. The van der Waals surface area contributed by atoms with Gasteiger partial charge >= 0.3 is 0 Å². The molecule has 0 amide bonds. The van der Waals surface area contributed by atoms with E-state index in [0.29, 0.717) is 12.4 Å². The van der Waals surface area contributed by atoms with E-state index in [1.165, 1.54) is 4.21 Å². The fraction of sp³-hybridized carbons (Fsp3) is 0.200. The molecule has 0 spiro atoms. The first kappa shape index (κ1) is 17.9. The van der Waals surface area contributed by atoms with Crippen molar-refractivity contribution in [3.8, 4) is 22.4 Å². The summed E-state index contributed by atoms with van der Waals surface area (Å²) in [7, 11) is 3.67. The smallest absolute Gasteiger partial charge is 0.233 e. The zero-order valence-electron chi connectivity index (χ0n) is 16.3. The van der Waals surface area contributed by atoms with E-state index >= 15 is 0 Å². The van der Waals surface area contributed by atoms with Gasteiger partial charge < -0.3 is 10.1 Å². The highest BCUT2D eigenvalue weighted by molar-refractivity contribution is 8.01. The normalized spacial score (nSPS) is 12.5. The number of ether oxygens (including phenoxy) is 1. The SMILES string of the molecule is COCCSc1sc2nc(-c3cnc4nccn4c3)cc3c2c1Nc1nn(C)cc1-3. The molecule has 0 saturated carbocycles. The lowest BCUT2D eigenvalue weighted by Gasteiger charge is -2.16. The summed E-state index contributed by atoms with van der Waals surface area (Å²) in [4.78, 5) is 14.7. The van der Waals surface area contributed by atoms with Gasteiger partial charge in [0.25, 0.3) is 0 Å². The van der Waals surface area contributed by atoms with E-state index < -0.39 is 0 Å². The van der Waals surface area contributed by atoms with Gasteiger partial charge in [-0.3, -0.25) is 9.08 Å². The van der Waals surface area contributed by atoms with Crippen molar-refractivity contribution in [2.45, 2.75) is 4.21 Å². The van der Waals surface area contributed by atoms with E-state index in [1.807, 2.05) is 34.7 Å². The van der Waals surface area contributed by atoms with Gasteiger partial charge in [0, 0.05) is 73.0 Å². The third-order valence-corrected chi connectivity index (χ3v) is 7.37. The van der Waals surface area contributed by atoms with Crippen LogP contribution in [-0.4, -0.2) is 48.6 Å². The molecule has 5 aromatic heterocycles. The summed E-state index contributed by atoms with van der Waals surface area (Å²) < 4.78 is 10.2. The Morgan fingerprint density at radius 2 is 2.17 bits per heavy atom. The molecule has 0 aromatic carbocycles. The van der Waals surface area contributed by atoms with Crippen LogP contribution in [0.1, 0.15) is 0 Å². The van der Waals surface area contributed by atoms with Gasteiger partial charge in [-0.1, -0.05) is 0 Å². The fourth-order valence-electron chi connectivity index (χ4n) is 3.72. The van der Waals surface area contributed by atoms with Crippen LogP contribution >= 0.6 is 23.1 Å². The van der Waals surface area contributed by atoms with Crippen molar-refractivity contribution in [3.63, 3.8) is 0 Å². The van der Waals surface area contributed by atoms with Crippen molar-refractivity contribution >= 4 is 50.6 Å². The van der Waals surface area contributed by atoms with Crippen LogP contribution in [0.4, 0.5) is 11.5 Å². The number of fused-ring (bicyclic) bond motifs is 3. The van der Waals surface area contributed by atoms with Gasteiger partial charge in [-0.25, -0.2) is 15.0 Å². The number of pyridine rings is 1. The van der Waals surface area contributed by atoms with Crippen molar-refractivity contribution in [1.82, 2.24) is 29.1 Å². The molecular weight excluding hydrogens is 418 g/mol. The van der Waals surface area contributed by atoms with Crippen LogP contribution in [-0.2, 0) is 11.8 Å². The number of aromatic nitrogens is 6. The summed E-state index contributed by atoms with van der Waals surface area (Å²) in [6, 6.07) is 2.14. The molecule has 0 unspecified atom stereocenters. The number of nitrogens with zero attached hydrogens (tertiary/aromatic N) is 6. The lowest BCUT2D eigenvalue weighted by molar-refractivity contribution is 0.218. The van der Waals surface area contributed by atoms with Crippen molar-refractivity contribution in [1.29, 1.82) is 0 Å². The molecule has 0 bridgehead atoms. The zero-order chi connectivity index (χ0) is 20.2. The molecule has 1 N–H and O–H groups in total. The first-order valence-electron chi connectivity index (χ1n) is 9.40. The second-order valence-electron chi connectivity index (χ2n) is 7.01. The molecular formula is C20H17N7OS2. The first-order valence-corrected chi connectivity index (χ1v) is 11.2.